The van der Waals surface area contributed by atoms with Gasteiger partial charge in [0, 0.05) is 17.8 Å². The topological polar surface area (TPSA) is 47.8 Å². The Morgan fingerprint density at radius 3 is 2.36 bits per heavy atom. The van der Waals surface area contributed by atoms with Gasteiger partial charge in [0.05, 0.1) is 17.4 Å². The van der Waals surface area contributed by atoms with Crippen molar-refractivity contribution in [3.63, 3.8) is 0 Å². The van der Waals surface area contributed by atoms with Gasteiger partial charge in [-0.3, -0.25) is 9.36 Å². The number of benzene rings is 1. The van der Waals surface area contributed by atoms with E-state index in [0.717, 1.165) is 25.0 Å². The number of alkyl halides is 3. The normalized spacial score (nSPS) is 14.9. The molecule has 0 radical (unpaired) electrons. The van der Waals surface area contributed by atoms with Crippen molar-refractivity contribution in [1.82, 2.24) is 14.5 Å². The van der Waals surface area contributed by atoms with Gasteiger partial charge in [0.25, 0.3) is 5.56 Å². The predicted molar refractivity (Wildman–Crippen MR) is 82.5 cm³/mol. The fourth-order valence-electron chi connectivity index (χ4n) is 2.77. The molecule has 0 spiro atoms. The summed E-state index contributed by atoms with van der Waals surface area (Å²) in [7, 11) is 0. The van der Waals surface area contributed by atoms with Crippen LogP contribution >= 0.6 is 0 Å². The lowest BCUT2D eigenvalue weighted by atomic mass is 10.0. The Balaban J connectivity index is 1.89. The summed E-state index contributed by atoms with van der Waals surface area (Å²) < 4.78 is 53.6. The van der Waals surface area contributed by atoms with E-state index in [9.17, 15) is 22.4 Å². The maximum absolute atomic E-state index is 14.1. The van der Waals surface area contributed by atoms with Gasteiger partial charge in [0.2, 0.25) is 5.95 Å². The number of fused-ring (bicyclic) bond motifs is 1. The highest BCUT2D eigenvalue weighted by molar-refractivity contribution is 5.92. The number of rotatable bonds is 2. The van der Waals surface area contributed by atoms with E-state index < -0.39 is 23.2 Å². The molecule has 0 amide bonds. The van der Waals surface area contributed by atoms with Crippen molar-refractivity contribution in [2.75, 3.05) is 0 Å². The van der Waals surface area contributed by atoms with Gasteiger partial charge in [-0.2, -0.15) is 17.6 Å². The summed E-state index contributed by atoms with van der Waals surface area (Å²) in [6.07, 6.45) is -0.247. The predicted octanol–water partition coefficient (Wildman–Crippen LogP) is 3.95. The summed E-state index contributed by atoms with van der Waals surface area (Å²) in [6, 6.07) is 4.39. The summed E-state index contributed by atoms with van der Waals surface area (Å²) in [6.45, 7) is 0. The Hall–Kier alpha value is -2.77. The molecule has 0 unspecified atom stereocenters. The summed E-state index contributed by atoms with van der Waals surface area (Å²) in [4.78, 5) is 20.3. The van der Waals surface area contributed by atoms with Crippen molar-refractivity contribution < 1.29 is 17.6 Å². The van der Waals surface area contributed by atoms with E-state index in [-0.39, 0.29) is 16.9 Å². The molecule has 8 heteroatoms. The minimum Gasteiger partial charge on any atom is -0.295 e. The zero-order chi connectivity index (χ0) is 17.8. The fraction of sp³-hybridized carbons (Fsp3) is 0.235. The second kappa shape index (κ2) is 5.37. The largest absolute Gasteiger partial charge is 0.416 e. The lowest BCUT2D eigenvalue weighted by Gasteiger charge is -2.10. The molecule has 0 bridgehead atoms. The zero-order valence-corrected chi connectivity index (χ0v) is 12.7. The molecule has 2 aromatic heterocycles. The fourth-order valence-corrected chi connectivity index (χ4v) is 2.77. The van der Waals surface area contributed by atoms with Crippen molar-refractivity contribution >= 4 is 10.9 Å². The number of halogens is 4. The van der Waals surface area contributed by atoms with Gasteiger partial charge < -0.3 is 0 Å². The third kappa shape index (κ3) is 2.67. The van der Waals surface area contributed by atoms with Gasteiger partial charge in [0.15, 0.2) is 0 Å². The van der Waals surface area contributed by atoms with Crippen LogP contribution in [-0.2, 0) is 6.18 Å². The molecule has 2 heterocycles. The molecular formula is C17H11F4N3O. The molecule has 3 aromatic rings. The highest BCUT2D eigenvalue weighted by Crippen LogP contribution is 2.35. The van der Waals surface area contributed by atoms with E-state index in [2.05, 4.69) is 9.97 Å². The molecule has 25 heavy (non-hydrogen) atoms. The average Bonchev–Trinajstić information content (AvgIpc) is 3.39. The maximum Gasteiger partial charge on any atom is 0.416 e. The highest BCUT2D eigenvalue weighted by atomic mass is 19.4. The summed E-state index contributed by atoms with van der Waals surface area (Å²) in [5.41, 5.74) is -0.535. The number of aromatic nitrogens is 3. The first-order valence-electron chi connectivity index (χ1n) is 7.59. The van der Waals surface area contributed by atoms with E-state index in [1.165, 1.54) is 29.2 Å². The van der Waals surface area contributed by atoms with Crippen LogP contribution < -0.4 is 5.56 Å². The van der Waals surface area contributed by atoms with Crippen LogP contribution in [0.1, 0.15) is 24.4 Å². The van der Waals surface area contributed by atoms with Crippen LogP contribution in [0, 0.1) is 5.95 Å². The lowest BCUT2D eigenvalue weighted by Crippen LogP contribution is -2.21. The first-order valence-corrected chi connectivity index (χ1v) is 7.59. The molecule has 1 fully saturated rings. The lowest BCUT2D eigenvalue weighted by molar-refractivity contribution is -0.137. The smallest absolute Gasteiger partial charge is 0.295 e. The van der Waals surface area contributed by atoms with Crippen molar-refractivity contribution in [3.8, 4) is 11.1 Å². The average molecular weight is 349 g/mol. The van der Waals surface area contributed by atoms with Crippen molar-refractivity contribution in [1.29, 1.82) is 0 Å². The van der Waals surface area contributed by atoms with Gasteiger partial charge in [-0.25, -0.2) is 9.97 Å². The number of pyridine rings is 1. The Kier molecular flexibility index (Phi) is 3.38. The third-order valence-corrected chi connectivity index (χ3v) is 4.23. The quantitative estimate of drug-likeness (QED) is 0.520. The van der Waals surface area contributed by atoms with Crippen LogP contribution in [0.2, 0.25) is 0 Å². The first kappa shape index (κ1) is 15.7. The van der Waals surface area contributed by atoms with Crippen molar-refractivity contribution in [2.45, 2.75) is 25.1 Å². The molecule has 1 aromatic carbocycles. The van der Waals surface area contributed by atoms with Crippen LogP contribution in [0.5, 0.6) is 0 Å². The molecule has 0 saturated heterocycles. The summed E-state index contributed by atoms with van der Waals surface area (Å²) in [5, 5.41) is -0.244. The second-order valence-electron chi connectivity index (χ2n) is 5.95. The minimum absolute atomic E-state index is 0.0264. The molecule has 1 aliphatic carbocycles. The van der Waals surface area contributed by atoms with E-state index in [0.29, 0.717) is 11.1 Å². The Bertz CT molecular complexity index is 1020. The van der Waals surface area contributed by atoms with Gasteiger partial charge >= 0.3 is 6.18 Å². The molecule has 0 N–H and O–H groups in total. The Morgan fingerprint density at radius 1 is 1.08 bits per heavy atom. The van der Waals surface area contributed by atoms with Crippen LogP contribution in [0.3, 0.4) is 0 Å². The number of hydrogen-bond donors (Lipinski definition) is 0. The molecular weight excluding hydrogens is 338 g/mol. The summed E-state index contributed by atoms with van der Waals surface area (Å²) >= 11 is 0. The van der Waals surface area contributed by atoms with Gasteiger partial charge in [0.1, 0.15) is 5.39 Å². The number of nitrogens with zero attached hydrogens (tertiary/aromatic N) is 3. The van der Waals surface area contributed by atoms with Gasteiger partial charge in [-0.15, -0.1) is 0 Å². The first-order chi connectivity index (χ1) is 11.9. The van der Waals surface area contributed by atoms with Gasteiger partial charge in [-0.05, 0) is 30.5 Å². The molecule has 128 valence electrons. The zero-order valence-electron chi connectivity index (χ0n) is 12.7. The van der Waals surface area contributed by atoms with E-state index in [1.54, 1.807) is 0 Å². The van der Waals surface area contributed by atoms with Crippen LogP contribution in [-0.4, -0.2) is 14.5 Å². The van der Waals surface area contributed by atoms with Gasteiger partial charge in [-0.1, -0.05) is 12.1 Å². The van der Waals surface area contributed by atoms with Crippen LogP contribution in [0.25, 0.3) is 22.0 Å². The Morgan fingerprint density at radius 2 is 1.76 bits per heavy atom. The second-order valence-corrected chi connectivity index (χ2v) is 5.95. The molecule has 0 atom stereocenters. The van der Waals surface area contributed by atoms with Crippen molar-refractivity contribution in [3.05, 3.63) is 58.7 Å². The summed E-state index contributed by atoms with van der Waals surface area (Å²) in [5.74, 6) is -0.932. The SMILES string of the molecule is O=c1c2c(F)ncc(-c3ccc(C(F)(F)F)cc3)c2ncn1C1CC1. The molecule has 0 aliphatic heterocycles. The molecule has 4 nitrogen and oxygen atoms in total. The minimum atomic E-state index is -4.45. The molecule has 1 saturated carbocycles. The number of hydrogen-bond acceptors (Lipinski definition) is 3. The van der Waals surface area contributed by atoms with Crippen LogP contribution in [0.15, 0.2) is 41.6 Å². The van der Waals surface area contributed by atoms with E-state index in [1.807, 2.05) is 0 Å². The maximum atomic E-state index is 14.1. The van der Waals surface area contributed by atoms with Crippen LogP contribution in [0.4, 0.5) is 17.6 Å². The standard InChI is InChI=1S/C17H11F4N3O/c18-15-13-14(23-8-24(16(13)25)11-5-6-11)12(7-22-15)9-1-3-10(4-2-9)17(19,20)21/h1-4,7-8,11H,5-6H2. The van der Waals surface area contributed by atoms with E-state index >= 15 is 0 Å². The Labute approximate surface area is 138 Å². The molecule has 4 rings (SSSR count). The van der Waals surface area contributed by atoms with E-state index in [4.69, 9.17) is 0 Å². The third-order valence-electron chi connectivity index (χ3n) is 4.23. The molecule has 1 aliphatic rings. The van der Waals surface area contributed by atoms with Crippen molar-refractivity contribution in [2.24, 2.45) is 0 Å². The monoisotopic (exact) mass is 349 g/mol. The highest BCUT2D eigenvalue weighted by Gasteiger charge is 2.30.